The zero-order chi connectivity index (χ0) is 12.3. The minimum Gasteiger partial charge on any atom is -0.284 e. The van der Waals surface area contributed by atoms with Gasteiger partial charge in [0.25, 0.3) is 0 Å². The molecule has 0 aliphatic carbocycles. The molecule has 6 nitrogen and oxygen atoms in total. The first-order valence-electron chi connectivity index (χ1n) is 5.55. The Morgan fingerprint density at radius 2 is 1.25 bits per heavy atom. The van der Waals surface area contributed by atoms with Gasteiger partial charge in [0.15, 0.2) is 0 Å². The van der Waals surface area contributed by atoms with Crippen molar-refractivity contribution in [3.63, 3.8) is 0 Å². The maximum atomic E-state index is 11.8. The second kappa shape index (κ2) is 10.2. The zero-order valence-electron chi connectivity index (χ0n) is 10.1. The van der Waals surface area contributed by atoms with Crippen LogP contribution in [0.1, 0.15) is 40.0 Å². The predicted molar refractivity (Wildman–Crippen MR) is 58.5 cm³/mol. The molecule has 0 unspecified atom stereocenters. The Labute approximate surface area is 96.6 Å². The lowest BCUT2D eigenvalue weighted by molar-refractivity contribution is -0.281. The number of hydrogen-bond donors (Lipinski definition) is 0. The van der Waals surface area contributed by atoms with Gasteiger partial charge in [-0.2, -0.15) is 0 Å². The van der Waals surface area contributed by atoms with Crippen LogP contribution in [0.2, 0.25) is 0 Å². The van der Waals surface area contributed by atoms with Crippen molar-refractivity contribution in [2.75, 3.05) is 19.8 Å². The van der Waals surface area contributed by atoms with Crippen molar-refractivity contribution in [2.24, 2.45) is 0 Å². The maximum Gasteiger partial charge on any atom is 0.529 e. The third-order valence-electron chi connectivity index (χ3n) is 1.32. The lowest BCUT2D eigenvalue weighted by Gasteiger charge is -2.14. The Balaban J connectivity index is 3.97. The van der Waals surface area contributed by atoms with Gasteiger partial charge in [0.1, 0.15) is 0 Å². The highest BCUT2D eigenvalue weighted by Gasteiger charge is 2.29. The van der Waals surface area contributed by atoms with Crippen molar-refractivity contribution in [2.45, 2.75) is 40.0 Å². The van der Waals surface area contributed by atoms with Crippen LogP contribution in [0, 0.1) is 0 Å². The summed E-state index contributed by atoms with van der Waals surface area (Å²) in [4.78, 5) is 9.37. The fraction of sp³-hybridized carbons (Fsp3) is 1.00. The standard InChI is InChI=1S/C9H21O6P/c1-4-7-11-14-16(10,13-9-6-3)15-12-8-5-2/h4-9H2,1-3H3. The molecule has 0 spiro atoms. The topological polar surface area (TPSA) is 63.2 Å². The van der Waals surface area contributed by atoms with Crippen LogP contribution in [0.3, 0.4) is 0 Å². The molecule has 7 heteroatoms. The van der Waals surface area contributed by atoms with Crippen molar-refractivity contribution in [1.29, 1.82) is 0 Å². The molecule has 16 heavy (non-hydrogen) atoms. The molecule has 0 saturated heterocycles. The van der Waals surface area contributed by atoms with E-state index in [-0.39, 0.29) is 6.61 Å². The summed E-state index contributed by atoms with van der Waals surface area (Å²) < 4.78 is 25.9. The molecule has 0 N–H and O–H groups in total. The van der Waals surface area contributed by atoms with E-state index in [0.29, 0.717) is 19.6 Å². The van der Waals surface area contributed by atoms with Gasteiger partial charge < -0.3 is 0 Å². The van der Waals surface area contributed by atoms with Gasteiger partial charge in [0.2, 0.25) is 0 Å². The summed E-state index contributed by atoms with van der Waals surface area (Å²) in [6.07, 6.45) is 2.17. The second-order valence-corrected chi connectivity index (χ2v) is 4.52. The van der Waals surface area contributed by atoms with Crippen LogP contribution < -0.4 is 0 Å². The highest BCUT2D eigenvalue weighted by Crippen LogP contribution is 2.49. The van der Waals surface area contributed by atoms with E-state index < -0.39 is 7.82 Å². The van der Waals surface area contributed by atoms with Gasteiger partial charge in [-0.05, 0) is 19.3 Å². The summed E-state index contributed by atoms with van der Waals surface area (Å²) in [5, 5.41) is 0. The lowest BCUT2D eigenvalue weighted by atomic mass is 10.5. The first-order valence-corrected chi connectivity index (χ1v) is 7.01. The monoisotopic (exact) mass is 256 g/mol. The average molecular weight is 256 g/mol. The van der Waals surface area contributed by atoms with E-state index in [1.54, 1.807) is 0 Å². The fourth-order valence-corrected chi connectivity index (χ4v) is 1.55. The number of phosphoric acid groups is 1. The van der Waals surface area contributed by atoms with Crippen LogP contribution in [0.15, 0.2) is 0 Å². The third-order valence-corrected chi connectivity index (χ3v) is 2.39. The molecule has 0 rings (SSSR count). The van der Waals surface area contributed by atoms with Crippen LogP contribution in [0.25, 0.3) is 0 Å². The SMILES string of the molecule is CCCOOP(=O)(OCCC)OOCCC. The Morgan fingerprint density at radius 3 is 1.62 bits per heavy atom. The highest BCUT2D eigenvalue weighted by molar-refractivity contribution is 7.48. The lowest BCUT2D eigenvalue weighted by Crippen LogP contribution is -2.04. The van der Waals surface area contributed by atoms with Crippen LogP contribution in [0.4, 0.5) is 0 Å². The quantitative estimate of drug-likeness (QED) is 0.245. The van der Waals surface area contributed by atoms with E-state index in [0.717, 1.165) is 12.8 Å². The van der Waals surface area contributed by atoms with Crippen molar-refractivity contribution in [3.8, 4) is 0 Å². The molecule has 0 heterocycles. The predicted octanol–water partition coefficient (Wildman–Crippen LogP) is 3.24. The molecule has 98 valence electrons. The molecule has 0 aromatic carbocycles. The highest BCUT2D eigenvalue weighted by atomic mass is 31.2. The van der Waals surface area contributed by atoms with Gasteiger partial charge in [-0.25, -0.2) is 14.3 Å². The Bertz CT molecular complexity index is 184. The fourth-order valence-electron chi connectivity index (χ4n) is 0.629. The number of hydrogen-bond acceptors (Lipinski definition) is 6. The van der Waals surface area contributed by atoms with Crippen molar-refractivity contribution < 1.29 is 28.2 Å². The summed E-state index contributed by atoms with van der Waals surface area (Å²) in [5.41, 5.74) is 0. The molecule has 0 aromatic rings. The van der Waals surface area contributed by atoms with Crippen LogP contribution in [-0.2, 0) is 28.2 Å². The maximum absolute atomic E-state index is 11.8. The van der Waals surface area contributed by atoms with Crippen molar-refractivity contribution in [3.05, 3.63) is 0 Å². The van der Waals surface area contributed by atoms with E-state index in [1.165, 1.54) is 0 Å². The zero-order valence-corrected chi connectivity index (χ0v) is 11.0. The molecule has 0 saturated carbocycles. The van der Waals surface area contributed by atoms with E-state index >= 15 is 0 Å². The third kappa shape index (κ3) is 8.21. The summed E-state index contributed by atoms with van der Waals surface area (Å²) in [5.74, 6) is 0. The largest absolute Gasteiger partial charge is 0.529 e. The molecule has 0 aliphatic rings. The summed E-state index contributed by atoms with van der Waals surface area (Å²) in [7, 11) is -3.74. The van der Waals surface area contributed by atoms with Gasteiger partial charge >= 0.3 is 7.82 Å². The second-order valence-electron chi connectivity index (χ2n) is 3.07. The van der Waals surface area contributed by atoms with E-state index in [2.05, 4.69) is 19.1 Å². The molecule has 0 bridgehead atoms. The molecular weight excluding hydrogens is 235 g/mol. The Kier molecular flexibility index (Phi) is 10.2. The van der Waals surface area contributed by atoms with Crippen LogP contribution in [0.5, 0.6) is 0 Å². The molecule has 0 aromatic heterocycles. The molecule has 0 amide bonds. The van der Waals surface area contributed by atoms with Gasteiger partial charge in [-0.3, -0.25) is 4.52 Å². The van der Waals surface area contributed by atoms with Crippen LogP contribution in [-0.4, -0.2) is 19.8 Å². The van der Waals surface area contributed by atoms with E-state index in [1.807, 2.05) is 20.8 Å². The Hall–Kier alpha value is 0.0300. The van der Waals surface area contributed by atoms with Gasteiger partial charge in [0, 0.05) is 0 Å². The normalized spacial score (nSPS) is 11.9. The number of rotatable bonds is 11. The minimum absolute atomic E-state index is 0.252. The van der Waals surface area contributed by atoms with Crippen LogP contribution >= 0.6 is 7.82 Å². The van der Waals surface area contributed by atoms with Gasteiger partial charge in [-0.15, -0.1) is 9.35 Å². The van der Waals surface area contributed by atoms with E-state index in [9.17, 15) is 4.57 Å². The minimum atomic E-state index is -3.74. The average Bonchev–Trinajstić information content (AvgIpc) is 2.27. The molecule has 0 atom stereocenters. The van der Waals surface area contributed by atoms with E-state index in [4.69, 9.17) is 4.52 Å². The van der Waals surface area contributed by atoms with Crippen molar-refractivity contribution >= 4 is 7.82 Å². The Morgan fingerprint density at radius 1 is 0.812 bits per heavy atom. The summed E-state index contributed by atoms with van der Waals surface area (Å²) >= 11 is 0. The summed E-state index contributed by atoms with van der Waals surface area (Å²) in [6, 6.07) is 0. The molecule has 0 fully saturated rings. The van der Waals surface area contributed by atoms with Gasteiger partial charge in [0.05, 0.1) is 19.8 Å². The molecule has 0 aliphatic heterocycles. The smallest absolute Gasteiger partial charge is 0.284 e. The first-order chi connectivity index (χ1) is 7.68. The molecule has 0 radical (unpaired) electrons. The first kappa shape index (κ1) is 16.0. The summed E-state index contributed by atoms with van der Waals surface area (Å²) in [6.45, 7) is 6.56. The van der Waals surface area contributed by atoms with Gasteiger partial charge in [-0.1, -0.05) is 20.8 Å². The van der Waals surface area contributed by atoms with Crippen molar-refractivity contribution in [1.82, 2.24) is 0 Å². The molecular formula is C9H21O6P.